The number of benzene rings is 1. The molecule has 0 bridgehead atoms. The van der Waals surface area contributed by atoms with Gasteiger partial charge in [-0.2, -0.15) is 5.10 Å². The SMILES string of the molecule is Cc1cc(=O)c(C(=O)N(C)CCCC(=O)O)nn1-c1ccccc1[N+](=O)[O-]. The molecule has 0 fully saturated rings. The van der Waals surface area contributed by atoms with Gasteiger partial charge in [-0.15, -0.1) is 0 Å². The van der Waals surface area contributed by atoms with Gasteiger partial charge in [-0.1, -0.05) is 12.1 Å². The molecule has 0 unspecified atom stereocenters. The van der Waals surface area contributed by atoms with E-state index in [4.69, 9.17) is 5.11 Å². The monoisotopic (exact) mass is 374 g/mol. The summed E-state index contributed by atoms with van der Waals surface area (Å²) in [5, 5.41) is 24.0. The summed E-state index contributed by atoms with van der Waals surface area (Å²) in [7, 11) is 1.43. The van der Waals surface area contributed by atoms with Crippen LogP contribution in [0.4, 0.5) is 5.69 Å². The second-order valence-corrected chi connectivity index (χ2v) is 5.88. The molecule has 0 saturated carbocycles. The van der Waals surface area contributed by atoms with Gasteiger partial charge in [0.05, 0.1) is 4.92 Å². The molecule has 142 valence electrons. The van der Waals surface area contributed by atoms with Gasteiger partial charge in [-0.3, -0.25) is 24.5 Å². The standard InChI is InChI=1S/C17H18N4O6/c1-11-10-14(22)16(17(25)19(2)9-5-8-15(23)24)18-20(11)12-6-3-4-7-13(12)21(26)27/h3-4,6-7,10H,5,8-9H2,1-2H3,(H,23,24). The van der Waals surface area contributed by atoms with E-state index in [0.29, 0.717) is 5.69 Å². The number of carbonyl (C=O) groups excluding carboxylic acids is 1. The summed E-state index contributed by atoms with van der Waals surface area (Å²) in [6.45, 7) is 1.68. The lowest BCUT2D eigenvalue weighted by molar-refractivity contribution is -0.384. The van der Waals surface area contributed by atoms with Crippen LogP contribution in [0.15, 0.2) is 35.1 Å². The lowest BCUT2D eigenvalue weighted by Gasteiger charge is -2.17. The number of nitro benzene ring substituents is 1. The van der Waals surface area contributed by atoms with Crippen LogP contribution in [0.25, 0.3) is 5.69 Å². The van der Waals surface area contributed by atoms with Crippen LogP contribution in [0.5, 0.6) is 0 Å². The lowest BCUT2D eigenvalue weighted by atomic mass is 10.2. The van der Waals surface area contributed by atoms with Crippen molar-refractivity contribution in [3.63, 3.8) is 0 Å². The Morgan fingerprint density at radius 2 is 2.00 bits per heavy atom. The minimum atomic E-state index is -0.983. The Bertz CT molecular complexity index is 953. The number of carbonyl (C=O) groups is 2. The molecule has 0 radical (unpaired) electrons. The number of para-hydroxylation sites is 2. The molecule has 2 aromatic rings. The van der Waals surface area contributed by atoms with Crippen LogP contribution < -0.4 is 5.43 Å². The minimum absolute atomic E-state index is 0.112. The highest BCUT2D eigenvalue weighted by Gasteiger charge is 2.22. The molecule has 2 rings (SSSR count). The van der Waals surface area contributed by atoms with Crippen molar-refractivity contribution in [2.24, 2.45) is 0 Å². The van der Waals surface area contributed by atoms with Gasteiger partial charge in [0.2, 0.25) is 5.43 Å². The lowest BCUT2D eigenvalue weighted by Crippen LogP contribution is -2.34. The zero-order chi connectivity index (χ0) is 20.1. The third-order valence-corrected chi connectivity index (χ3v) is 3.85. The fraction of sp³-hybridized carbons (Fsp3) is 0.294. The van der Waals surface area contributed by atoms with Gasteiger partial charge in [0.15, 0.2) is 5.69 Å². The molecule has 1 heterocycles. The van der Waals surface area contributed by atoms with Crippen molar-refractivity contribution in [1.29, 1.82) is 0 Å². The molecule has 1 amide bonds. The summed E-state index contributed by atoms with van der Waals surface area (Å²) < 4.78 is 1.18. The van der Waals surface area contributed by atoms with Crippen molar-refractivity contribution >= 4 is 17.6 Å². The quantitative estimate of drug-likeness (QED) is 0.571. The summed E-state index contributed by atoms with van der Waals surface area (Å²) >= 11 is 0. The maximum atomic E-state index is 12.5. The fourth-order valence-electron chi connectivity index (χ4n) is 2.49. The topological polar surface area (TPSA) is 136 Å². The Balaban J connectivity index is 2.42. The largest absolute Gasteiger partial charge is 0.481 e. The predicted molar refractivity (Wildman–Crippen MR) is 95.1 cm³/mol. The Morgan fingerprint density at radius 1 is 1.33 bits per heavy atom. The van der Waals surface area contributed by atoms with Gasteiger partial charge in [-0.25, -0.2) is 4.68 Å². The van der Waals surface area contributed by atoms with E-state index in [1.54, 1.807) is 13.0 Å². The molecule has 10 heteroatoms. The van der Waals surface area contributed by atoms with E-state index in [-0.39, 0.29) is 30.8 Å². The van der Waals surface area contributed by atoms with Crippen molar-refractivity contribution in [2.45, 2.75) is 19.8 Å². The predicted octanol–water partition coefficient (Wildman–Crippen LogP) is 1.39. The van der Waals surface area contributed by atoms with Crippen molar-refractivity contribution in [1.82, 2.24) is 14.7 Å². The van der Waals surface area contributed by atoms with Crippen LogP contribution in [-0.2, 0) is 4.79 Å². The number of aryl methyl sites for hydroxylation is 1. The number of nitro groups is 1. The van der Waals surface area contributed by atoms with Crippen LogP contribution in [0.3, 0.4) is 0 Å². The number of rotatable bonds is 7. The molecule has 0 aliphatic rings. The van der Waals surface area contributed by atoms with Crippen LogP contribution >= 0.6 is 0 Å². The van der Waals surface area contributed by atoms with Crippen molar-refractivity contribution in [2.75, 3.05) is 13.6 Å². The zero-order valence-electron chi connectivity index (χ0n) is 14.8. The number of aliphatic carboxylic acids is 1. The Labute approximate surface area is 153 Å². The van der Waals surface area contributed by atoms with E-state index in [1.807, 2.05) is 0 Å². The zero-order valence-corrected chi connectivity index (χ0v) is 14.8. The van der Waals surface area contributed by atoms with Crippen molar-refractivity contribution < 1.29 is 19.6 Å². The molecule has 0 spiro atoms. The summed E-state index contributed by atoms with van der Waals surface area (Å²) in [4.78, 5) is 47.2. The molecular weight excluding hydrogens is 356 g/mol. The first-order chi connectivity index (χ1) is 12.7. The minimum Gasteiger partial charge on any atom is -0.481 e. The third kappa shape index (κ3) is 4.54. The first kappa shape index (κ1) is 19.8. The smallest absolute Gasteiger partial charge is 0.303 e. The van der Waals surface area contributed by atoms with Gasteiger partial charge < -0.3 is 10.0 Å². The average molecular weight is 374 g/mol. The van der Waals surface area contributed by atoms with Gasteiger partial charge in [0, 0.05) is 37.8 Å². The third-order valence-electron chi connectivity index (χ3n) is 3.85. The molecular formula is C17H18N4O6. The second kappa shape index (κ2) is 8.21. The Morgan fingerprint density at radius 3 is 2.63 bits per heavy atom. The van der Waals surface area contributed by atoms with E-state index in [9.17, 15) is 24.5 Å². The van der Waals surface area contributed by atoms with Crippen LogP contribution in [0, 0.1) is 17.0 Å². The molecule has 27 heavy (non-hydrogen) atoms. The molecule has 1 aromatic heterocycles. The number of hydrogen-bond donors (Lipinski definition) is 1. The van der Waals surface area contributed by atoms with Gasteiger partial charge >= 0.3 is 5.97 Å². The normalized spacial score (nSPS) is 10.4. The molecule has 0 aliphatic heterocycles. The van der Waals surface area contributed by atoms with Crippen molar-refractivity contribution in [3.05, 3.63) is 62.1 Å². The highest BCUT2D eigenvalue weighted by molar-refractivity contribution is 5.92. The fourth-order valence-corrected chi connectivity index (χ4v) is 2.49. The van der Waals surface area contributed by atoms with E-state index in [1.165, 1.54) is 40.9 Å². The highest BCUT2D eigenvalue weighted by Crippen LogP contribution is 2.22. The van der Waals surface area contributed by atoms with E-state index < -0.39 is 27.9 Å². The molecule has 1 N–H and O–H groups in total. The molecule has 0 aliphatic carbocycles. The number of carboxylic acids is 1. The van der Waals surface area contributed by atoms with Gasteiger partial charge in [0.1, 0.15) is 5.69 Å². The molecule has 0 saturated heterocycles. The molecule has 1 aromatic carbocycles. The second-order valence-electron chi connectivity index (χ2n) is 5.88. The van der Waals surface area contributed by atoms with Crippen LogP contribution in [0.1, 0.15) is 29.0 Å². The summed E-state index contributed by atoms with van der Waals surface area (Å²) in [6, 6.07) is 7.03. The summed E-state index contributed by atoms with van der Waals surface area (Å²) in [6.07, 6.45) is 0.112. The van der Waals surface area contributed by atoms with Crippen LogP contribution in [0.2, 0.25) is 0 Å². The Hall–Kier alpha value is -3.56. The number of aromatic nitrogens is 2. The van der Waals surface area contributed by atoms with Gasteiger partial charge in [0.25, 0.3) is 11.6 Å². The van der Waals surface area contributed by atoms with E-state index in [2.05, 4.69) is 5.10 Å². The van der Waals surface area contributed by atoms with Gasteiger partial charge in [-0.05, 0) is 19.4 Å². The number of amides is 1. The summed E-state index contributed by atoms with van der Waals surface area (Å²) in [5.74, 6) is -1.67. The highest BCUT2D eigenvalue weighted by atomic mass is 16.6. The molecule has 0 atom stereocenters. The summed E-state index contributed by atoms with van der Waals surface area (Å²) in [5.41, 5.74) is -0.763. The van der Waals surface area contributed by atoms with E-state index >= 15 is 0 Å². The maximum Gasteiger partial charge on any atom is 0.303 e. The molecule has 10 nitrogen and oxygen atoms in total. The first-order valence-corrected chi connectivity index (χ1v) is 8.04. The Kier molecular flexibility index (Phi) is 6.01. The number of carboxylic acid groups (broad SMARTS) is 1. The first-order valence-electron chi connectivity index (χ1n) is 8.04. The average Bonchev–Trinajstić information content (AvgIpc) is 2.61. The number of hydrogen-bond acceptors (Lipinski definition) is 6. The van der Waals surface area contributed by atoms with Crippen molar-refractivity contribution in [3.8, 4) is 5.69 Å². The van der Waals surface area contributed by atoms with Crippen LogP contribution in [-0.4, -0.2) is 50.2 Å². The number of nitrogens with zero attached hydrogens (tertiary/aromatic N) is 4. The maximum absolute atomic E-state index is 12.5. The van der Waals surface area contributed by atoms with E-state index in [0.717, 1.165) is 0 Å².